The lowest BCUT2D eigenvalue weighted by molar-refractivity contribution is 1.21. The minimum atomic E-state index is -0.407. The van der Waals surface area contributed by atoms with Gasteiger partial charge < -0.3 is 0 Å². The number of hydrogen-bond donors (Lipinski definition) is 0. The van der Waals surface area contributed by atoms with Crippen molar-refractivity contribution in [2.75, 3.05) is 0 Å². The van der Waals surface area contributed by atoms with Crippen LogP contribution in [0.1, 0.15) is 18.1 Å². The van der Waals surface area contributed by atoms with Gasteiger partial charge in [0.2, 0.25) is 0 Å². The molecule has 0 amide bonds. The molecule has 0 aromatic heterocycles. The zero-order chi connectivity index (χ0) is 13.1. The molecular weight excluding hydrogens is 256 g/mol. The second kappa shape index (κ2) is 5.72. The fraction of sp³-hybridized carbons (Fsp3) is 0.250. The van der Waals surface area contributed by atoms with E-state index >= 15 is 0 Å². The molecule has 0 unspecified atom stereocenters. The van der Waals surface area contributed by atoms with Gasteiger partial charge in [-0.15, -0.1) is 0 Å². The van der Waals surface area contributed by atoms with E-state index in [-0.39, 0.29) is 0 Å². The van der Waals surface area contributed by atoms with Crippen LogP contribution in [0.3, 0.4) is 0 Å². The van der Waals surface area contributed by atoms with Crippen LogP contribution in [-0.2, 0) is 6.42 Å². The number of fused-ring (bicyclic) bond motifs is 3. The lowest BCUT2D eigenvalue weighted by Crippen LogP contribution is -1.85. The molecule has 2 aromatic carbocycles. The standard InChI is InChI=1S/C14H12.C2H6ClSi/c1-10-8-12-7-6-11-4-2-3-5-13(11)14(12)9-10;1-4(2)3/h2-8H,9H2,1H3;1-2H3. The summed E-state index contributed by atoms with van der Waals surface area (Å²) in [5.74, 6) is 0. The van der Waals surface area contributed by atoms with Crippen molar-refractivity contribution in [1.82, 2.24) is 0 Å². The Morgan fingerprint density at radius 3 is 2.44 bits per heavy atom. The zero-order valence-corrected chi connectivity index (χ0v) is 12.9. The summed E-state index contributed by atoms with van der Waals surface area (Å²) in [6.45, 7) is 6.27. The molecule has 18 heavy (non-hydrogen) atoms. The maximum Gasteiger partial charge on any atom is 0.158 e. The van der Waals surface area contributed by atoms with Crippen molar-refractivity contribution in [3.05, 3.63) is 53.1 Å². The van der Waals surface area contributed by atoms with E-state index in [2.05, 4.69) is 49.4 Å². The lowest BCUT2D eigenvalue weighted by Gasteiger charge is -2.04. The first kappa shape index (κ1) is 13.4. The molecule has 2 aromatic rings. The maximum absolute atomic E-state index is 5.38. The molecule has 1 aliphatic rings. The molecule has 0 N–H and O–H groups in total. The van der Waals surface area contributed by atoms with Crippen molar-refractivity contribution < 1.29 is 0 Å². The topological polar surface area (TPSA) is 0 Å². The quantitative estimate of drug-likeness (QED) is 0.453. The van der Waals surface area contributed by atoms with Crippen molar-refractivity contribution in [2.24, 2.45) is 0 Å². The summed E-state index contributed by atoms with van der Waals surface area (Å²) in [6, 6.07) is 13.1. The Morgan fingerprint density at radius 1 is 1.06 bits per heavy atom. The summed E-state index contributed by atoms with van der Waals surface area (Å²) in [6.07, 6.45) is 3.42. The number of allylic oxidation sites excluding steroid dienone is 1. The summed E-state index contributed by atoms with van der Waals surface area (Å²) in [5, 5.41) is 2.77. The Kier molecular flexibility index (Phi) is 4.26. The average Bonchev–Trinajstić information content (AvgIpc) is 2.69. The molecular formula is C16H18ClSi. The van der Waals surface area contributed by atoms with Crippen molar-refractivity contribution in [3.8, 4) is 0 Å². The van der Waals surface area contributed by atoms with Crippen LogP contribution >= 0.6 is 11.1 Å². The molecule has 0 aliphatic heterocycles. The molecule has 3 rings (SSSR count). The summed E-state index contributed by atoms with van der Waals surface area (Å²) < 4.78 is 0. The molecule has 0 fully saturated rings. The van der Waals surface area contributed by atoms with Crippen molar-refractivity contribution >= 4 is 36.0 Å². The Hall–Kier alpha value is -1.05. The highest BCUT2D eigenvalue weighted by Gasteiger charge is 2.11. The third-order valence-corrected chi connectivity index (χ3v) is 2.93. The van der Waals surface area contributed by atoms with Crippen LogP contribution in [0.2, 0.25) is 13.1 Å². The molecule has 2 heteroatoms. The number of hydrogen-bond acceptors (Lipinski definition) is 0. The van der Waals surface area contributed by atoms with Crippen LogP contribution in [0, 0.1) is 0 Å². The summed E-state index contributed by atoms with van der Waals surface area (Å²) in [7, 11) is -0.407. The first-order chi connectivity index (χ1) is 8.58. The fourth-order valence-electron chi connectivity index (χ4n) is 2.28. The summed E-state index contributed by atoms with van der Waals surface area (Å²) in [4.78, 5) is 0. The monoisotopic (exact) mass is 273 g/mol. The Labute approximate surface area is 116 Å². The SMILES string of the molecule is CC1=Cc2ccc3ccccc3c2C1.C[Si](C)Cl. The van der Waals surface area contributed by atoms with Crippen LogP contribution in [0.15, 0.2) is 42.0 Å². The van der Waals surface area contributed by atoms with Gasteiger partial charge in [-0.1, -0.05) is 61.1 Å². The van der Waals surface area contributed by atoms with E-state index < -0.39 is 8.11 Å². The van der Waals surface area contributed by atoms with E-state index in [0.717, 1.165) is 6.42 Å². The van der Waals surface area contributed by atoms with Gasteiger partial charge in [0.25, 0.3) is 0 Å². The molecule has 93 valence electrons. The van der Waals surface area contributed by atoms with Gasteiger partial charge in [0.1, 0.15) is 0 Å². The van der Waals surface area contributed by atoms with Gasteiger partial charge in [-0.3, -0.25) is 0 Å². The van der Waals surface area contributed by atoms with Crippen LogP contribution < -0.4 is 0 Å². The minimum Gasteiger partial charge on any atom is -0.170 e. The second-order valence-electron chi connectivity index (χ2n) is 4.90. The Morgan fingerprint density at radius 2 is 1.72 bits per heavy atom. The van der Waals surface area contributed by atoms with E-state index in [1.165, 1.54) is 27.5 Å². The predicted octanol–water partition coefficient (Wildman–Crippen LogP) is 5.28. The largest absolute Gasteiger partial charge is 0.170 e. The fourth-order valence-corrected chi connectivity index (χ4v) is 2.28. The van der Waals surface area contributed by atoms with Gasteiger partial charge in [-0.2, -0.15) is 11.1 Å². The molecule has 1 radical (unpaired) electrons. The van der Waals surface area contributed by atoms with E-state index in [4.69, 9.17) is 11.1 Å². The highest BCUT2D eigenvalue weighted by molar-refractivity contribution is 7.05. The van der Waals surface area contributed by atoms with Crippen LogP contribution in [0.25, 0.3) is 16.8 Å². The van der Waals surface area contributed by atoms with E-state index in [1.807, 2.05) is 13.1 Å². The molecule has 0 saturated heterocycles. The first-order valence-corrected chi connectivity index (χ1v) is 9.72. The van der Waals surface area contributed by atoms with Crippen LogP contribution in [0.5, 0.6) is 0 Å². The van der Waals surface area contributed by atoms with E-state index in [9.17, 15) is 0 Å². The number of halogens is 1. The molecule has 0 saturated carbocycles. The summed E-state index contributed by atoms with van der Waals surface area (Å²) >= 11 is 5.38. The third kappa shape index (κ3) is 3.04. The minimum absolute atomic E-state index is 0.407. The van der Waals surface area contributed by atoms with Crippen molar-refractivity contribution in [3.63, 3.8) is 0 Å². The maximum atomic E-state index is 5.38. The van der Waals surface area contributed by atoms with Gasteiger partial charge >= 0.3 is 0 Å². The molecule has 0 spiro atoms. The predicted molar refractivity (Wildman–Crippen MR) is 84.6 cm³/mol. The molecule has 0 heterocycles. The molecule has 1 aliphatic carbocycles. The second-order valence-corrected chi connectivity index (χ2v) is 8.92. The molecule has 0 nitrogen and oxygen atoms in total. The number of rotatable bonds is 0. The average molecular weight is 274 g/mol. The van der Waals surface area contributed by atoms with Crippen molar-refractivity contribution in [1.29, 1.82) is 0 Å². The summed E-state index contributed by atoms with van der Waals surface area (Å²) in [5.41, 5.74) is 4.37. The molecule has 0 atom stereocenters. The van der Waals surface area contributed by atoms with Crippen molar-refractivity contribution in [2.45, 2.75) is 26.4 Å². The molecule has 0 bridgehead atoms. The third-order valence-electron chi connectivity index (χ3n) is 2.93. The van der Waals surface area contributed by atoms with E-state index in [1.54, 1.807) is 0 Å². The number of benzene rings is 2. The lowest BCUT2D eigenvalue weighted by atomic mass is 10.0. The van der Waals surface area contributed by atoms with Gasteiger partial charge in [0.05, 0.1) is 0 Å². The van der Waals surface area contributed by atoms with E-state index in [0.29, 0.717) is 0 Å². The van der Waals surface area contributed by atoms with Gasteiger partial charge in [0.15, 0.2) is 8.11 Å². The normalized spacial score (nSPS) is 13.1. The highest BCUT2D eigenvalue weighted by atomic mass is 35.6. The highest BCUT2D eigenvalue weighted by Crippen LogP contribution is 2.31. The van der Waals surface area contributed by atoms with Crippen LogP contribution in [-0.4, -0.2) is 8.11 Å². The smallest absolute Gasteiger partial charge is 0.158 e. The Bertz CT molecular complexity index is 582. The van der Waals surface area contributed by atoms with Crippen LogP contribution in [0.4, 0.5) is 0 Å². The Balaban J connectivity index is 0.000000267. The van der Waals surface area contributed by atoms with Gasteiger partial charge in [0, 0.05) is 0 Å². The van der Waals surface area contributed by atoms with Gasteiger partial charge in [-0.25, -0.2) is 0 Å². The zero-order valence-electron chi connectivity index (χ0n) is 11.1. The van der Waals surface area contributed by atoms with Gasteiger partial charge in [-0.05, 0) is 35.2 Å². The first-order valence-electron chi connectivity index (χ1n) is 6.21.